The van der Waals surface area contributed by atoms with Crippen LogP contribution in [0, 0.1) is 0 Å². The first-order chi connectivity index (χ1) is 8.33. The van der Waals surface area contributed by atoms with Gasteiger partial charge in [-0.1, -0.05) is 24.6 Å². The van der Waals surface area contributed by atoms with Gasteiger partial charge in [-0.05, 0) is 43.4 Å². The molecular formula is C15H20N2. The fourth-order valence-electron chi connectivity index (χ4n) is 3.30. The van der Waals surface area contributed by atoms with Crippen molar-refractivity contribution in [3.63, 3.8) is 0 Å². The van der Waals surface area contributed by atoms with Crippen LogP contribution in [0.1, 0.15) is 36.4 Å². The molecular weight excluding hydrogens is 208 g/mol. The summed E-state index contributed by atoms with van der Waals surface area (Å²) >= 11 is 0. The van der Waals surface area contributed by atoms with Gasteiger partial charge in [0.25, 0.3) is 0 Å². The van der Waals surface area contributed by atoms with Gasteiger partial charge in [0.15, 0.2) is 0 Å². The van der Waals surface area contributed by atoms with Gasteiger partial charge < -0.3 is 10.3 Å². The lowest BCUT2D eigenvalue weighted by Crippen LogP contribution is -2.12. The van der Waals surface area contributed by atoms with Crippen LogP contribution in [0.25, 0.3) is 10.9 Å². The van der Waals surface area contributed by atoms with Crippen LogP contribution in [-0.4, -0.2) is 11.1 Å². The highest BCUT2D eigenvalue weighted by Gasteiger charge is 2.23. The summed E-state index contributed by atoms with van der Waals surface area (Å²) in [7, 11) is 2.19. The molecule has 2 nitrogen and oxygen atoms in total. The topological polar surface area (TPSA) is 30.9 Å². The van der Waals surface area contributed by atoms with E-state index >= 15 is 0 Å². The Kier molecular flexibility index (Phi) is 2.67. The van der Waals surface area contributed by atoms with E-state index in [0.717, 1.165) is 6.54 Å². The monoisotopic (exact) mass is 228 g/mol. The number of rotatable bonds is 1. The molecule has 2 heteroatoms. The number of benzene rings is 1. The molecule has 17 heavy (non-hydrogen) atoms. The smallest absolute Gasteiger partial charge is 0.0482 e. The Balaban J connectivity index is 2.30. The SMILES string of the molecule is Cn1c2c(c3ccccc31)[C@H](CN)CCCC2. The lowest BCUT2D eigenvalue weighted by molar-refractivity contribution is 0.605. The van der Waals surface area contributed by atoms with Crippen LogP contribution in [-0.2, 0) is 13.5 Å². The van der Waals surface area contributed by atoms with Gasteiger partial charge in [0.05, 0.1) is 0 Å². The highest BCUT2D eigenvalue weighted by molar-refractivity contribution is 5.86. The quantitative estimate of drug-likeness (QED) is 0.747. The van der Waals surface area contributed by atoms with Gasteiger partial charge in [0.2, 0.25) is 0 Å². The van der Waals surface area contributed by atoms with Crippen molar-refractivity contribution >= 4 is 10.9 Å². The molecule has 1 aromatic carbocycles. The average molecular weight is 228 g/mol. The summed E-state index contributed by atoms with van der Waals surface area (Å²) in [6, 6.07) is 8.74. The van der Waals surface area contributed by atoms with Crippen molar-refractivity contribution < 1.29 is 0 Å². The molecule has 2 N–H and O–H groups in total. The van der Waals surface area contributed by atoms with Crippen molar-refractivity contribution in [2.24, 2.45) is 12.8 Å². The second-order valence-electron chi connectivity index (χ2n) is 5.11. The zero-order valence-electron chi connectivity index (χ0n) is 10.4. The predicted molar refractivity (Wildman–Crippen MR) is 72.3 cm³/mol. The molecule has 0 bridgehead atoms. The number of aryl methyl sites for hydroxylation is 1. The summed E-state index contributed by atoms with van der Waals surface area (Å²) in [5.41, 5.74) is 10.4. The first-order valence-corrected chi connectivity index (χ1v) is 6.59. The average Bonchev–Trinajstić information content (AvgIpc) is 2.55. The predicted octanol–water partition coefficient (Wildman–Crippen LogP) is 2.95. The summed E-state index contributed by atoms with van der Waals surface area (Å²) in [5, 5.41) is 1.42. The highest BCUT2D eigenvalue weighted by Crippen LogP contribution is 2.36. The summed E-state index contributed by atoms with van der Waals surface area (Å²) < 4.78 is 2.37. The number of hydrogen-bond donors (Lipinski definition) is 1. The molecule has 90 valence electrons. The Morgan fingerprint density at radius 1 is 1.29 bits per heavy atom. The Hall–Kier alpha value is -1.28. The van der Waals surface area contributed by atoms with Crippen LogP contribution in [0.5, 0.6) is 0 Å². The van der Waals surface area contributed by atoms with E-state index in [0.29, 0.717) is 5.92 Å². The van der Waals surface area contributed by atoms with Gasteiger partial charge in [0.1, 0.15) is 0 Å². The van der Waals surface area contributed by atoms with E-state index in [-0.39, 0.29) is 0 Å². The molecule has 0 fully saturated rings. The van der Waals surface area contributed by atoms with Gasteiger partial charge in [-0.3, -0.25) is 0 Å². The molecule has 1 aliphatic rings. The number of nitrogens with zero attached hydrogens (tertiary/aromatic N) is 1. The normalized spacial score (nSPS) is 20.2. The standard InChI is InChI=1S/C15H20N2/c1-17-13-8-5-3-7-12(13)15-11(10-16)6-2-4-9-14(15)17/h3,5,7-8,11H,2,4,6,9-10,16H2,1H3/t11-/m0/s1. The van der Waals surface area contributed by atoms with E-state index in [1.54, 1.807) is 0 Å². The largest absolute Gasteiger partial charge is 0.347 e. The molecule has 0 saturated carbocycles. The molecule has 0 unspecified atom stereocenters. The summed E-state index contributed by atoms with van der Waals surface area (Å²) in [4.78, 5) is 0. The Morgan fingerprint density at radius 3 is 2.94 bits per heavy atom. The Bertz CT molecular complexity index is 539. The van der Waals surface area contributed by atoms with E-state index in [4.69, 9.17) is 5.73 Å². The van der Waals surface area contributed by atoms with E-state index < -0.39 is 0 Å². The van der Waals surface area contributed by atoms with Crippen LogP contribution in [0.2, 0.25) is 0 Å². The Labute approximate surface area is 102 Å². The number of aromatic nitrogens is 1. The maximum atomic E-state index is 5.98. The number of para-hydroxylation sites is 1. The molecule has 0 amide bonds. The molecule has 0 saturated heterocycles. The van der Waals surface area contributed by atoms with Crippen LogP contribution < -0.4 is 5.73 Å². The maximum Gasteiger partial charge on any atom is 0.0482 e. The fourth-order valence-corrected chi connectivity index (χ4v) is 3.30. The summed E-state index contributed by atoms with van der Waals surface area (Å²) in [6.07, 6.45) is 5.06. The molecule has 0 radical (unpaired) electrons. The van der Waals surface area contributed by atoms with E-state index in [1.165, 1.54) is 47.8 Å². The van der Waals surface area contributed by atoms with Crippen LogP contribution >= 0.6 is 0 Å². The second kappa shape index (κ2) is 4.19. The first-order valence-electron chi connectivity index (χ1n) is 6.59. The van der Waals surface area contributed by atoms with Crippen molar-refractivity contribution in [2.45, 2.75) is 31.6 Å². The van der Waals surface area contributed by atoms with E-state index in [2.05, 4.69) is 35.9 Å². The van der Waals surface area contributed by atoms with Gasteiger partial charge in [-0.2, -0.15) is 0 Å². The molecule has 1 aromatic heterocycles. The van der Waals surface area contributed by atoms with Crippen molar-refractivity contribution in [3.05, 3.63) is 35.5 Å². The zero-order valence-corrected chi connectivity index (χ0v) is 10.4. The molecule has 0 spiro atoms. The van der Waals surface area contributed by atoms with Gasteiger partial charge in [0, 0.05) is 23.6 Å². The highest BCUT2D eigenvalue weighted by atomic mass is 15.0. The van der Waals surface area contributed by atoms with Crippen molar-refractivity contribution in [3.8, 4) is 0 Å². The third kappa shape index (κ3) is 1.59. The second-order valence-corrected chi connectivity index (χ2v) is 5.11. The van der Waals surface area contributed by atoms with Crippen LogP contribution in [0.15, 0.2) is 24.3 Å². The van der Waals surface area contributed by atoms with Crippen LogP contribution in [0.3, 0.4) is 0 Å². The van der Waals surface area contributed by atoms with Gasteiger partial charge in [-0.25, -0.2) is 0 Å². The third-order valence-corrected chi connectivity index (χ3v) is 4.18. The maximum absolute atomic E-state index is 5.98. The minimum atomic E-state index is 0.554. The number of hydrogen-bond acceptors (Lipinski definition) is 1. The molecule has 0 aliphatic heterocycles. The lowest BCUT2D eigenvalue weighted by Gasteiger charge is -2.13. The van der Waals surface area contributed by atoms with Crippen molar-refractivity contribution in [1.29, 1.82) is 0 Å². The third-order valence-electron chi connectivity index (χ3n) is 4.18. The Morgan fingerprint density at radius 2 is 2.12 bits per heavy atom. The minimum absolute atomic E-state index is 0.554. The van der Waals surface area contributed by atoms with Gasteiger partial charge in [-0.15, -0.1) is 0 Å². The minimum Gasteiger partial charge on any atom is -0.347 e. The summed E-state index contributed by atoms with van der Waals surface area (Å²) in [5.74, 6) is 0.554. The van der Waals surface area contributed by atoms with Crippen LogP contribution in [0.4, 0.5) is 0 Å². The zero-order chi connectivity index (χ0) is 11.8. The van der Waals surface area contributed by atoms with Crippen molar-refractivity contribution in [2.75, 3.05) is 6.54 Å². The molecule has 1 heterocycles. The number of nitrogens with two attached hydrogens (primary N) is 1. The van der Waals surface area contributed by atoms with E-state index in [1.807, 2.05) is 0 Å². The van der Waals surface area contributed by atoms with Gasteiger partial charge >= 0.3 is 0 Å². The molecule has 2 aromatic rings. The van der Waals surface area contributed by atoms with Crippen molar-refractivity contribution in [1.82, 2.24) is 4.57 Å². The molecule has 3 rings (SSSR count). The first kappa shape index (κ1) is 10.8. The number of fused-ring (bicyclic) bond motifs is 3. The molecule has 1 aliphatic carbocycles. The summed E-state index contributed by atoms with van der Waals surface area (Å²) in [6.45, 7) is 0.779. The van der Waals surface area contributed by atoms with E-state index in [9.17, 15) is 0 Å². The lowest BCUT2D eigenvalue weighted by atomic mass is 9.94. The molecule has 1 atom stereocenters. The fraction of sp³-hybridized carbons (Fsp3) is 0.467.